The molecule has 3 rings (SSSR count). The highest BCUT2D eigenvalue weighted by Crippen LogP contribution is 2.46. The molecule has 2 N–H and O–H groups in total. The van der Waals surface area contributed by atoms with E-state index in [-0.39, 0.29) is 24.8 Å². The van der Waals surface area contributed by atoms with Crippen LogP contribution in [0.25, 0.3) is 0 Å². The molecule has 2 aliphatic heterocycles. The van der Waals surface area contributed by atoms with E-state index in [1.54, 1.807) is 17.0 Å². The molecule has 0 bridgehead atoms. The molecule has 2 heterocycles. The lowest BCUT2D eigenvalue weighted by Crippen LogP contribution is -2.39. The van der Waals surface area contributed by atoms with Crippen molar-refractivity contribution in [3.8, 4) is 0 Å². The number of anilines is 1. The van der Waals surface area contributed by atoms with Gasteiger partial charge in [-0.3, -0.25) is 9.59 Å². The topological polar surface area (TPSA) is 69.6 Å². The predicted molar refractivity (Wildman–Crippen MR) is 79.7 cm³/mol. The van der Waals surface area contributed by atoms with Gasteiger partial charge in [0, 0.05) is 25.2 Å². The second-order valence-electron chi connectivity index (χ2n) is 5.39. The Hall–Kier alpha value is -1.30. The molecule has 2 aliphatic rings. The lowest BCUT2D eigenvalue weighted by Gasteiger charge is -2.22. The third-order valence-electron chi connectivity index (χ3n) is 4.21. The van der Waals surface area contributed by atoms with E-state index >= 15 is 0 Å². The maximum absolute atomic E-state index is 12.4. The van der Waals surface area contributed by atoms with Gasteiger partial charge in [0.05, 0.1) is 22.1 Å². The molecule has 1 atom stereocenters. The fourth-order valence-electron chi connectivity index (χ4n) is 3.09. The number of halogens is 2. The van der Waals surface area contributed by atoms with E-state index < -0.39 is 5.41 Å². The van der Waals surface area contributed by atoms with Crippen LogP contribution in [0.1, 0.15) is 18.4 Å². The van der Waals surface area contributed by atoms with Gasteiger partial charge >= 0.3 is 0 Å². The molecule has 1 aromatic carbocycles. The number of carbonyl (C=O) groups excluding carboxylic acids is 2. The van der Waals surface area contributed by atoms with Gasteiger partial charge in [-0.2, -0.15) is 0 Å². The van der Waals surface area contributed by atoms with Crippen LogP contribution in [0.2, 0.25) is 10.0 Å². The minimum absolute atomic E-state index is 0.0753. The number of aliphatic hydroxyl groups excluding tert-OH is 1. The fourth-order valence-corrected chi connectivity index (χ4v) is 3.42. The lowest BCUT2D eigenvalue weighted by molar-refractivity contribution is -0.131. The van der Waals surface area contributed by atoms with Crippen LogP contribution in [0, 0.1) is 0 Å². The minimum atomic E-state index is -0.755. The summed E-state index contributed by atoms with van der Waals surface area (Å²) in [5.41, 5.74) is 0.696. The largest absolute Gasteiger partial charge is 0.396 e. The zero-order valence-electron chi connectivity index (χ0n) is 11.2. The summed E-state index contributed by atoms with van der Waals surface area (Å²) in [6, 6.07) is 3.35. The van der Waals surface area contributed by atoms with Gasteiger partial charge in [-0.15, -0.1) is 0 Å². The fraction of sp³-hybridized carbons (Fsp3) is 0.429. The van der Waals surface area contributed by atoms with Crippen molar-refractivity contribution >= 4 is 40.7 Å². The summed E-state index contributed by atoms with van der Waals surface area (Å²) >= 11 is 12.0. The first-order chi connectivity index (χ1) is 9.98. The molecule has 7 heteroatoms. The van der Waals surface area contributed by atoms with Gasteiger partial charge in [-0.25, -0.2) is 0 Å². The second-order valence-corrected chi connectivity index (χ2v) is 6.20. The number of nitrogens with zero attached hydrogens (tertiary/aromatic N) is 1. The first-order valence-electron chi connectivity index (χ1n) is 6.67. The molecule has 112 valence electrons. The van der Waals surface area contributed by atoms with Crippen LogP contribution in [0.5, 0.6) is 0 Å². The van der Waals surface area contributed by atoms with Crippen molar-refractivity contribution in [1.82, 2.24) is 4.90 Å². The molecular formula is C14H14Cl2N2O3. The van der Waals surface area contributed by atoms with Gasteiger partial charge in [0.25, 0.3) is 0 Å². The molecule has 1 spiro atoms. The molecule has 5 nitrogen and oxygen atoms in total. The van der Waals surface area contributed by atoms with Crippen LogP contribution in [-0.4, -0.2) is 41.5 Å². The zero-order valence-corrected chi connectivity index (χ0v) is 12.7. The number of benzene rings is 1. The third kappa shape index (κ3) is 2.20. The molecule has 1 aromatic rings. The van der Waals surface area contributed by atoms with Crippen molar-refractivity contribution in [3.05, 3.63) is 27.7 Å². The van der Waals surface area contributed by atoms with Crippen LogP contribution in [-0.2, 0) is 15.0 Å². The van der Waals surface area contributed by atoms with E-state index in [0.717, 1.165) is 5.56 Å². The van der Waals surface area contributed by atoms with E-state index in [0.29, 0.717) is 35.2 Å². The van der Waals surface area contributed by atoms with Crippen molar-refractivity contribution in [2.75, 3.05) is 25.0 Å². The first-order valence-corrected chi connectivity index (χ1v) is 7.43. The standard InChI is InChI=1S/C14H14Cl2N2O3/c15-9-5-8-11(6-10(9)16)17-13(21)14(8)2-3-18(7-14)12(20)1-4-19/h5-6,19H,1-4,7H2,(H,17,21)/t14-/m1/s1. The van der Waals surface area contributed by atoms with Crippen molar-refractivity contribution in [1.29, 1.82) is 0 Å². The van der Waals surface area contributed by atoms with E-state index in [2.05, 4.69) is 5.32 Å². The molecule has 0 aliphatic carbocycles. The Kier molecular flexibility index (Phi) is 3.59. The van der Waals surface area contributed by atoms with Crippen molar-refractivity contribution in [2.24, 2.45) is 0 Å². The number of hydrogen-bond donors (Lipinski definition) is 2. The lowest BCUT2D eigenvalue weighted by atomic mass is 9.81. The Morgan fingerprint density at radius 3 is 2.81 bits per heavy atom. The van der Waals surface area contributed by atoms with Crippen LogP contribution < -0.4 is 5.32 Å². The Labute approximate surface area is 131 Å². The number of fused-ring (bicyclic) bond motifs is 2. The van der Waals surface area contributed by atoms with Gasteiger partial charge < -0.3 is 15.3 Å². The molecule has 1 fully saturated rings. The highest BCUT2D eigenvalue weighted by Gasteiger charge is 2.52. The van der Waals surface area contributed by atoms with Gasteiger partial charge in [0.1, 0.15) is 0 Å². The Bertz CT molecular complexity index is 635. The Morgan fingerprint density at radius 2 is 2.10 bits per heavy atom. The summed E-state index contributed by atoms with van der Waals surface area (Å²) in [4.78, 5) is 25.9. The van der Waals surface area contributed by atoms with Gasteiger partial charge in [0.2, 0.25) is 11.8 Å². The zero-order chi connectivity index (χ0) is 15.2. The van der Waals surface area contributed by atoms with E-state index in [4.69, 9.17) is 28.3 Å². The van der Waals surface area contributed by atoms with Gasteiger partial charge in [0.15, 0.2) is 0 Å². The highest BCUT2D eigenvalue weighted by atomic mass is 35.5. The number of aliphatic hydroxyl groups is 1. The van der Waals surface area contributed by atoms with E-state index in [1.807, 2.05) is 0 Å². The predicted octanol–water partition coefficient (Wildman–Crippen LogP) is 1.80. The third-order valence-corrected chi connectivity index (χ3v) is 4.93. The number of likely N-dealkylation sites (tertiary alicyclic amines) is 1. The number of nitrogens with one attached hydrogen (secondary N) is 1. The Morgan fingerprint density at radius 1 is 1.38 bits per heavy atom. The number of hydrogen-bond acceptors (Lipinski definition) is 3. The molecule has 0 radical (unpaired) electrons. The summed E-state index contributed by atoms with van der Waals surface area (Å²) < 4.78 is 0. The van der Waals surface area contributed by atoms with Crippen LogP contribution in [0.3, 0.4) is 0 Å². The summed E-state index contributed by atoms with van der Waals surface area (Å²) in [6.07, 6.45) is 0.618. The molecule has 0 aromatic heterocycles. The van der Waals surface area contributed by atoms with E-state index in [9.17, 15) is 9.59 Å². The highest BCUT2D eigenvalue weighted by molar-refractivity contribution is 6.42. The minimum Gasteiger partial charge on any atom is -0.396 e. The molecule has 0 unspecified atom stereocenters. The van der Waals surface area contributed by atoms with Crippen molar-refractivity contribution < 1.29 is 14.7 Å². The van der Waals surface area contributed by atoms with E-state index in [1.165, 1.54) is 0 Å². The first kappa shape index (κ1) is 14.6. The summed E-state index contributed by atoms with van der Waals surface area (Å²) in [5, 5.41) is 12.5. The van der Waals surface area contributed by atoms with Crippen LogP contribution >= 0.6 is 23.2 Å². The second kappa shape index (κ2) is 5.16. The smallest absolute Gasteiger partial charge is 0.237 e. The maximum atomic E-state index is 12.4. The van der Waals surface area contributed by atoms with Crippen molar-refractivity contribution in [3.63, 3.8) is 0 Å². The quantitative estimate of drug-likeness (QED) is 0.869. The average Bonchev–Trinajstić information content (AvgIpc) is 2.98. The number of amides is 2. The van der Waals surface area contributed by atoms with Crippen LogP contribution in [0.4, 0.5) is 5.69 Å². The monoisotopic (exact) mass is 328 g/mol. The molecule has 21 heavy (non-hydrogen) atoms. The average molecular weight is 329 g/mol. The molecule has 0 saturated carbocycles. The van der Waals surface area contributed by atoms with Gasteiger partial charge in [-0.1, -0.05) is 23.2 Å². The SMILES string of the molecule is O=C(CCO)N1CC[C@]2(C1)C(=O)Nc1cc(Cl)c(Cl)cc12. The molecular weight excluding hydrogens is 315 g/mol. The number of rotatable bonds is 2. The molecule has 2 amide bonds. The van der Waals surface area contributed by atoms with Gasteiger partial charge in [-0.05, 0) is 24.1 Å². The molecule has 1 saturated heterocycles. The summed E-state index contributed by atoms with van der Waals surface area (Å²) in [5.74, 6) is -0.272. The normalized spacial score (nSPS) is 23.6. The van der Waals surface area contributed by atoms with Crippen LogP contribution in [0.15, 0.2) is 12.1 Å². The summed E-state index contributed by atoms with van der Waals surface area (Å²) in [7, 11) is 0. The van der Waals surface area contributed by atoms with Crippen molar-refractivity contribution in [2.45, 2.75) is 18.3 Å². The number of carbonyl (C=O) groups is 2. The maximum Gasteiger partial charge on any atom is 0.237 e. The summed E-state index contributed by atoms with van der Waals surface area (Å²) in [6.45, 7) is 0.612. The Balaban J connectivity index is 1.96.